The third kappa shape index (κ3) is 3.70. The van der Waals surface area contributed by atoms with Gasteiger partial charge in [-0.3, -0.25) is 9.78 Å². The molecule has 0 spiro atoms. The second-order valence-electron chi connectivity index (χ2n) is 4.50. The average molecular weight is 255 g/mol. The van der Waals surface area contributed by atoms with E-state index in [4.69, 9.17) is 11.6 Å². The molecule has 1 heterocycles. The second-order valence-corrected chi connectivity index (χ2v) is 4.91. The smallest absolute Gasteiger partial charge is 0.256 e. The molecule has 0 saturated carbocycles. The summed E-state index contributed by atoms with van der Waals surface area (Å²) >= 11 is 6.05. The highest BCUT2D eigenvalue weighted by Crippen LogP contribution is 2.18. The second kappa shape index (κ2) is 6.01. The van der Waals surface area contributed by atoms with Gasteiger partial charge in [-0.2, -0.15) is 0 Å². The molecule has 1 aromatic heterocycles. The van der Waals surface area contributed by atoms with Gasteiger partial charge in [-0.25, -0.2) is 0 Å². The molecule has 94 valence electrons. The van der Waals surface area contributed by atoms with Crippen molar-refractivity contribution in [2.45, 2.75) is 27.2 Å². The summed E-state index contributed by atoms with van der Waals surface area (Å²) in [4.78, 5) is 17.9. The summed E-state index contributed by atoms with van der Waals surface area (Å²) < 4.78 is 0. The molecule has 3 nitrogen and oxygen atoms in total. The molecule has 1 amide bonds. The van der Waals surface area contributed by atoms with E-state index in [9.17, 15) is 4.79 Å². The topological polar surface area (TPSA) is 33.2 Å². The van der Waals surface area contributed by atoms with Crippen LogP contribution >= 0.6 is 11.6 Å². The van der Waals surface area contributed by atoms with Crippen molar-refractivity contribution in [1.82, 2.24) is 9.88 Å². The van der Waals surface area contributed by atoms with Crippen LogP contribution in [0.15, 0.2) is 12.3 Å². The summed E-state index contributed by atoms with van der Waals surface area (Å²) in [7, 11) is 1.80. The summed E-state index contributed by atoms with van der Waals surface area (Å²) in [6, 6.07) is 1.71. The number of aryl methyl sites for hydroxylation is 1. The number of pyridine rings is 1. The van der Waals surface area contributed by atoms with Crippen molar-refractivity contribution in [3.05, 3.63) is 28.5 Å². The largest absolute Gasteiger partial charge is 0.341 e. The van der Waals surface area contributed by atoms with Gasteiger partial charge in [0.25, 0.3) is 5.91 Å². The molecule has 0 fully saturated rings. The molecule has 0 radical (unpaired) electrons. The molecule has 4 heteroatoms. The number of nitrogens with zero attached hydrogens (tertiary/aromatic N) is 2. The number of carbonyl (C=O) groups excluding carboxylic acids is 1. The Balaban J connectivity index is 2.81. The molecule has 0 saturated heterocycles. The van der Waals surface area contributed by atoms with E-state index in [0.717, 1.165) is 18.7 Å². The molecule has 1 rings (SSSR count). The Bertz CT molecular complexity index is 406. The standard InChI is InChI=1S/C13H19ClN2O/c1-5-9(2)8-16(4)13(17)11-7-15-10(3)6-12(11)14/h6-7,9H,5,8H2,1-4H3. The lowest BCUT2D eigenvalue weighted by atomic mass is 10.1. The molecule has 0 aromatic carbocycles. The van der Waals surface area contributed by atoms with Crippen LogP contribution in [-0.2, 0) is 0 Å². The van der Waals surface area contributed by atoms with E-state index in [1.807, 2.05) is 6.92 Å². The number of halogens is 1. The third-order valence-electron chi connectivity index (χ3n) is 2.85. The molecule has 0 aliphatic heterocycles. The molecular weight excluding hydrogens is 236 g/mol. The van der Waals surface area contributed by atoms with Crippen LogP contribution in [-0.4, -0.2) is 29.4 Å². The first-order valence-electron chi connectivity index (χ1n) is 5.83. The van der Waals surface area contributed by atoms with Gasteiger partial charge in [-0.15, -0.1) is 0 Å². The van der Waals surface area contributed by atoms with Crippen LogP contribution in [0.4, 0.5) is 0 Å². The first-order chi connectivity index (χ1) is 7.95. The normalized spacial score (nSPS) is 12.3. The highest BCUT2D eigenvalue weighted by Gasteiger charge is 2.17. The van der Waals surface area contributed by atoms with Crippen molar-refractivity contribution >= 4 is 17.5 Å². The van der Waals surface area contributed by atoms with Gasteiger partial charge >= 0.3 is 0 Å². The van der Waals surface area contributed by atoms with E-state index in [1.165, 1.54) is 0 Å². The zero-order valence-corrected chi connectivity index (χ0v) is 11.6. The molecule has 0 aliphatic rings. The summed E-state index contributed by atoms with van der Waals surface area (Å²) in [6.07, 6.45) is 2.60. The van der Waals surface area contributed by atoms with E-state index in [0.29, 0.717) is 16.5 Å². The number of aromatic nitrogens is 1. The van der Waals surface area contributed by atoms with Gasteiger partial charge < -0.3 is 4.90 Å². The number of rotatable bonds is 4. The van der Waals surface area contributed by atoms with Gasteiger partial charge in [0.2, 0.25) is 0 Å². The van der Waals surface area contributed by atoms with Gasteiger partial charge in [0.1, 0.15) is 0 Å². The van der Waals surface area contributed by atoms with Crippen LogP contribution < -0.4 is 0 Å². The van der Waals surface area contributed by atoms with E-state index in [2.05, 4.69) is 18.8 Å². The fourth-order valence-electron chi connectivity index (χ4n) is 1.57. The summed E-state index contributed by atoms with van der Waals surface area (Å²) in [6.45, 7) is 6.82. The fourth-order valence-corrected chi connectivity index (χ4v) is 1.86. The van der Waals surface area contributed by atoms with Gasteiger partial charge in [0.05, 0.1) is 10.6 Å². The maximum Gasteiger partial charge on any atom is 0.256 e. The molecular formula is C13H19ClN2O. The summed E-state index contributed by atoms with van der Waals surface area (Å²) in [5.41, 5.74) is 1.29. The number of hydrogen-bond donors (Lipinski definition) is 0. The lowest BCUT2D eigenvalue weighted by Gasteiger charge is -2.21. The highest BCUT2D eigenvalue weighted by atomic mass is 35.5. The predicted molar refractivity (Wildman–Crippen MR) is 70.4 cm³/mol. The first-order valence-corrected chi connectivity index (χ1v) is 6.21. The van der Waals surface area contributed by atoms with Crippen molar-refractivity contribution in [2.75, 3.05) is 13.6 Å². The van der Waals surface area contributed by atoms with E-state index >= 15 is 0 Å². The van der Waals surface area contributed by atoms with Gasteiger partial charge in [-0.1, -0.05) is 31.9 Å². The summed E-state index contributed by atoms with van der Waals surface area (Å²) in [5, 5.41) is 0.471. The highest BCUT2D eigenvalue weighted by molar-refractivity contribution is 6.33. The van der Waals surface area contributed by atoms with Gasteiger partial charge in [0.15, 0.2) is 0 Å². The van der Waals surface area contributed by atoms with Gasteiger partial charge in [0, 0.05) is 25.5 Å². The minimum absolute atomic E-state index is 0.0669. The maximum absolute atomic E-state index is 12.1. The monoisotopic (exact) mass is 254 g/mol. The number of carbonyl (C=O) groups is 1. The molecule has 1 aromatic rings. The number of amides is 1. The average Bonchev–Trinajstić information content (AvgIpc) is 2.28. The minimum atomic E-state index is -0.0669. The lowest BCUT2D eigenvalue weighted by molar-refractivity contribution is 0.0774. The Labute approximate surface area is 108 Å². The van der Waals surface area contributed by atoms with E-state index < -0.39 is 0 Å². The van der Waals surface area contributed by atoms with Crippen LogP contribution in [0.2, 0.25) is 5.02 Å². The van der Waals surface area contributed by atoms with Crippen LogP contribution in [0, 0.1) is 12.8 Å². The van der Waals surface area contributed by atoms with Crippen LogP contribution in [0.1, 0.15) is 36.3 Å². The zero-order chi connectivity index (χ0) is 13.0. The van der Waals surface area contributed by atoms with Crippen molar-refractivity contribution in [3.8, 4) is 0 Å². The fraction of sp³-hybridized carbons (Fsp3) is 0.538. The van der Waals surface area contributed by atoms with Crippen molar-refractivity contribution in [3.63, 3.8) is 0 Å². The Kier molecular flexibility index (Phi) is 4.94. The molecule has 17 heavy (non-hydrogen) atoms. The molecule has 1 unspecified atom stereocenters. The number of hydrogen-bond acceptors (Lipinski definition) is 2. The quantitative estimate of drug-likeness (QED) is 0.827. The van der Waals surface area contributed by atoms with Crippen molar-refractivity contribution in [2.24, 2.45) is 5.92 Å². The molecule has 0 bridgehead atoms. The van der Waals surface area contributed by atoms with Crippen molar-refractivity contribution < 1.29 is 4.79 Å². The maximum atomic E-state index is 12.1. The Morgan fingerprint density at radius 2 is 2.24 bits per heavy atom. The van der Waals surface area contributed by atoms with Gasteiger partial charge in [-0.05, 0) is 18.9 Å². The van der Waals surface area contributed by atoms with E-state index in [1.54, 1.807) is 24.2 Å². The molecule has 0 aliphatic carbocycles. The molecule has 1 atom stereocenters. The minimum Gasteiger partial charge on any atom is -0.341 e. The SMILES string of the molecule is CCC(C)CN(C)C(=O)c1cnc(C)cc1Cl. The molecule has 0 N–H and O–H groups in total. The predicted octanol–water partition coefficient (Wildman–Crippen LogP) is 3.16. The first kappa shape index (κ1) is 14.0. The Morgan fingerprint density at radius 3 is 2.76 bits per heavy atom. The summed E-state index contributed by atoms with van der Waals surface area (Å²) in [5.74, 6) is 0.420. The Morgan fingerprint density at radius 1 is 1.59 bits per heavy atom. The van der Waals surface area contributed by atoms with Crippen LogP contribution in [0.3, 0.4) is 0 Å². The van der Waals surface area contributed by atoms with Crippen molar-refractivity contribution in [1.29, 1.82) is 0 Å². The Hall–Kier alpha value is -1.09. The van der Waals surface area contributed by atoms with E-state index in [-0.39, 0.29) is 5.91 Å². The third-order valence-corrected chi connectivity index (χ3v) is 3.16. The van der Waals surface area contributed by atoms with Crippen LogP contribution in [0.25, 0.3) is 0 Å². The lowest BCUT2D eigenvalue weighted by Crippen LogP contribution is -2.31. The van der Waals surface area contributed by atoms with Crippen LogP contribution in [0.5, 0.6) is 0 Å². The zero-order valence-electron chi connectivity index (χ0n) is 10.8.